The van der Waals surface area contributed by atoms with Gasteiger partial charge in [0.1, 0.15) is 18.1 Å². The average Bonchev–Trinajstić information content (AvgIpc) is 3.32. The van der Waals surface area contributed by atoms with Crippen LogP contribution in [-0.2, 0) is 6.61 Å². The zero-order valence-corrected chi connectivity index (χ0v) is 16.5. The van der Waals surface area contributed by atoms with Crippen LogP contribution in [-0.4, -0.2) is 17.9 Å². The molecule has 0 saturated carbocycles. The minimum Gasteiger partial charge on any atom is -0.489 e. The van der Waals surface area contributed by atoms with Crippen molar-refractivity contribution < 1.29 is 23.5 Å². The first-order chi connectivity index (χ1) is 14.0. The van der Waals surface area contributed by atoms with E-state index in [2.05, 4.69) is 10.5 Å². The van der Waals surface area contributed by atoms with Gasteiger partial charge in [0.15, 0.2) is 11.5 Å². The summed E-state index contributed by atoms with van der Waals surface area (Å²) in [6, 6.07) is 12.6. The molecule has 0 radical (unpaired) electrons. The lowest BCUT2D eigenvalue weighted by Gasteiger charge is -2.15. The van der Waals surface area contributed by atoms with Gasteiger partial charge in [0.2, 0.25) is 6.79 Å². The number of rotatable bonds is 6. The van der Waals surface area contributed by atoms with Crippen molar-refractivity contribution in [3.63, 3.8) is 0 Å². The quantitative estimate of drug-likeness (QED) is 0.678. The molecule has 1 aromatic heterocycles. The lowest BCUT2D eigenvalue weighted by Crippen LogP contribution is -2.26. The Labute approximate surface area is 168 Å². The molecule has 4 rings (SSSR count). The standard InChI is InChI=1S/C22H22N2O5/c1-13(16-7-8-20-21(10-16)28-12-27-20)23-22(25)17-5-4-6-18(9-17)26-11-19-14(2)24-29-15(19)3/h4-10,13H,11-12H2,1-3H3,(H,23,25). The van der Waals surface area contributed by atoms with Crippen LogP contribution in [0.3, 0.4) is 0 Å². The SMILES string of the molecule is Cc1noc(C)c1COc1cccc(C(=O)NC(C)c2ccc3c(c2)OCO3)c1. The van der Waals surface area contributed by atoms with Gasteiger partial charge in [0, 0.05) is 5.56 Å². The van der Waals surface area contributed by atoms with Crippen LogP contribution in [0, 0.1) is 13.8 Å². The third-order valence-corrected chi connectivity index (χ3v) is 4.90. The highest BCUT2D eigenvalue weighted by Gasteiger charge is 2.18. The molecule has 1 aliphatic rings. The maximum absolute atomic E-state index is 12.7. The van der Waals surface area contributed by atoms with Crippen molar-refractivity contribution in [1.82, 2.24) is 10.5 Å². The molecule has 2 aromatic carbocycles. The number of benzene rings is 2. The van der Waals surface area contributed by atoms with E-state index in [0.29, 0.717) is 23.7 Å². The molecule has 3 aromatic rings. The number of nitrogens with zero attached hydrogens (tertiary/aromatic N) is 1. The Kier molecular flexibility index (Phi) is 5.12. The minimum atomic E-state index is -0.191. The number of hydrogen-bond donors (Lipinski definition) is 1. The van der Waals surface area contributed by atoms with E-state index in [1.165, 1.54) is 0 Å². The number of hydrogen-bond acceptors (Lipinski definition) is 6. The second kappa shape index (κ2) is 7.87. The van der Waals surface area contributed by atoms with E-state index in [1.54, 1.807) is 18.2 Å². The van der Waals surface area contributed by atoms with Gasteiger partial charge >= 0.3 is 0 Å². The van der Waals surface area contributed by atoms with Gasteiger partial charge in [-0.1, -0.05) is 17.3 Å². The van der Waals surface area contributed by atoms with Gasteiger partial charge < -0.3 is 24.1 Å². The van der Waals surface area contributed by atoms with Crippen LogP contribution in [0.2, 0.25) is 0 Å². The van der Waals surface area contributed by atoms with Crippen LogP contribution >= 0.6 is 0 Å². The molecule has 1 amide bonds. The van der Waals surface area contributed by atoms with E-state index >= 15 is 0 Å². The first-order valence-electron chi connectivity index (χ1n) is 9.36. The predicted octanol–water partition coefficient (Wildman–Crippen LogP) is 4.09. The van der Waals surface area contributed by atoms with Crippen LogP contribution in [0.4, 0.5) is 0 Å². The molecule has 1 atom stereocenters. The Morgan fingerprint density at radius 3 is 2.79 bits per heavy atom. The monoisotopic (exact) mass is 394 g/mol. The minimum absolute atomic E-state index is 0.182. The maximum atomic E-state index is 12.7. The summed E-state index contributed by atoms with van der Waals surface area (Å²) in [5.74, 6) is 2.56. The van der Waals surface area contributed by atoms with Crippen molar-refractivity contribution in [3.8, 4) is 17.2 Å². The van der Waals surface area contributed by atoms with Gasteiger partial charge in [0.05, 0.1) is 17.3 Å². The molecule has 1 aliphatic heterocycles. The molecule has 7 heteroatoms. The number of aryl methyl sites for hydroxylation is 2. The van der Waals surface area contributed by atoms with Crippen LogP contribution in [0.1, 0.15) is 45.9 Å². The van der Waals surface area contributed by atoms with Gasteiger partial charge in [-0.25, -0.2) is 0 Å². The van der Waals surface area contributed by atoms with E-state index in [-0.39, 0.29) is 18.7 Å². The molecule has 7 nitrogen and oxygen atoms in total. The largest absolute Gasteiger partial charge is 0.489 e. The summed E-state index contributed by atoms with van der Waals surface area (Å²) in [5.41, 5.74) is 3.17. The maximum Gasteiger partial charge on any atom is 0.251 e. The Morgan fingerprint density at radius 1 is 1.17 bits per heavy atom. The fourth-order valence-corrected chi connectivity index (χ4v) is 3.14. The lowest BCUT2D eigenvalue weighted by molar-refractivity contribution is 0.0939. The lowest BCUT2D eigenvalue weighted by atomic mass is 10.1. The van der Waals surface area contributed by atoms with E-state index in [0.717, 1.165) is 28.3 Å². The van der Waals surface area contributed by atoms with Crippen LogP contribution in [0.5, 0.6) is 17.2 Å². The predicted molar refractivity (Wildman–Crippen MR) is 105 cm³/mol. The first kappa shape index (κ1) is 18.9. The van der Waals surface area contributed by atoms with Crippen LogP contribution in [0.25, 0.3) is 0 Å². The number of fused-ring (bicyclic) bond motifs is 1. The highest BCUT2D eigenvalue weighted by atomic mass is 16.7. The van der Waals surface area contributed by atoms with Gasteiger partial charge in [-0.2, -0.15) is 0 Å². The molecule has 150 valence electrons. The number of ether oxygens (including phenoxy) is 3. The summed E-state index contributed by atoms with van der Waals surface area (Å²) < 4.78 is 21.7. The van der Waals surface area contributed by atoms with Gasteiger partial charge in [-0.3, -0.25) is 4.79 Å². The van der Waals surface area contributed by atoms with Crippen LogP contribution < -0.4 is 19.5 Å². The van der Waals surface area contributed by atoms with E-state index in [9.17, 15) is 4.79 Å². The average molecular weight is 394 g/mol. The Morgan fingerprint density at radius 2 is 2.00 bits per heavy atom. The number of aromatic nitrogens is 1. The van der Waals surface area contributed by atoms with Crippen molar-refractivity contribution in [1.29, 1.82) is 0 Å². The van der Waals surface area contributed by atoms with E-state index in [1.807, 2.05) is 45.0 Å². The molecule has 0 spiro atoms. The summed E-state index contributed by atoms with van der Waals surface area (Å²) in [7, 11) is 0. The molecular weight excluding hydrogens is 372 g/mol. The Bertz CT molecular complexity index is 1020. The highest BCUT2D eigenvalue weighted by Crippen LogP contribution is 2.34. The zero-order chi connectivity index (χ0) is 20.4. The molecule has 0 bridgehead atoms. The normalized spacial score (nSPS) is 13.2. The fourth-order valence-electron chi connectivity index (χ4n) is 3.14. The first-order valence-corrected chi connectivity index (χ1v) is 9.36. The Hall–Kier alpha value is -3.48. The number of carbonyl (C=O) groups excluding carboxylic acids is 1. The van der Waals surface area contributed by atoms with E-state index in [4.69, 9.17) is 18.7 Å². The third kappa shape index (κ3) is 4.03. The van der Waals surface area contributed by atoms with Crippen molar-refractivity contribution in [2.75, 3.05) is 6.79 Å². The van der Waals surface area contributed by atoms with Crippen LogP contribution in [0.15, 0.2) is 47.0 Å². The van der Waals surface area contributed by atoms with Crippen molar-refractivity contribution in [2.45, 2.75) is 33.4 Å². The van der Waals surface area contributed by atoms with Gasteiger partial charge in [-0.15, -0.1) is 0 Å². The molecule has 2 heterocycles. The number of carbonyl (C=O) groups is 1. The summed E-state index contributed by atoms with van der Waals surface area (Å²) in [4.78, 5) is 12.7. The van der Waals surface area contributed by atoms with Crippen molar-refractivity contribution >= 4 is 5.91 Å². The molecule has 1 unspecified atom stereocenters. The second-order valence-corrected chi connectivity index (χ2v) is 6.93. The molecule has 0 saturated heterocycles. The zero-order valence-electron chi connectivity index (χ0n) is 16.5. The molecule has 29 heavy (non-hydrogen) atoms. The van der Waals surface area contributed by atoms with E-state index < -0.39 is 0 Å². The topological polar surface area (TPSA) is 82.8 Å². The fraction of sp³-hybridized carbons (Fsp3) is 0.273. The molecule has 1 N–H and O–H groups in total. The molecule has 0 fully saturated rings. The molecule has 0 aliphatic carbocycles. The van der Waals surface area contributed by atoms with Crippen molar-refractivity contribution in [2.24, 2.45) is 0 Å². The van der Waals surface area contributed by atoms with Crippen molar-refractivity contribution in [3.05, 3.63) is 70.6 Å². The van der Waals surface area contributed by atoms with Gasteiger partial charge in [0.25, 0.3) is 5.91 Å². The summed E-state index contributed by atoms with van der Waals surface area (Å²) in [6.07, 6.45) is 0. The van der Waals surface area contributed by atoms with Gasteiger partial charge in [-0.05, 0) is 56.7 Å². The summed E-state index contributed by atoms with van der Waals surface area (Å²) in [5, 5.41) is 6.92. The Balaban J connectivity index is 1.41. The summed E-state index contributed by atoms with van der Waals surface area (Å²) >= 11 is 0. The third-order valence-electron chi connectivity index (χ3n) is 4.90. The summed E-state index contributed by atoms with van der Waals surface area (Å²) in [6.45, 7) is 6.20. The molecular formula is C22H22N2O5. The second-order valence-electron chi connectivity index (χ2n) is 6.93. The number of nitrogens with one attached hydrogen (secondary N) is 1. The smallest absolute Gasteiger partial charge is 0.251 e. The highest BCUT2D eigenvalue weighted by molar-refractivity contribution is 5.94. The number of amides is 1.